The summed E-state index contributed by atoms with van der Waals surface area (Å²) in [5.41, 5.74) is -0.0982. The molecule has 2 aromatic rings. The van der Waals surface area contributed by atoms with Gasteiger partial charge in [-0.25, -0.2) is 4.98 Å². The molecule has 160 valence electrons. The predicted molar refractivity (Wildman–Crippen MR) is 117 cm³/mol. The number of thiazole rings is 1. The zero-order valence-electron chi connectivity index (χ0n) is 15.3. The zero-order chi connectivity index (χ0) is 22.5. The third kappa shape index (κ3) is 5.62. The summed E-state index contributed by atoms with van der Waals surface area (Å²) in [6, 6.07) is 3.68. The summed E-state index contributed by atoms with van der Waals surface area (Å²) in [6.45, 7) is -1.00. The number of hydrogen-bond acceptors (Lipinski definition) is 10. The second-order valence-corrected chi connectivity index (χ2v) is 8.39. The molecular weight excluding hydrogens is 468 g/mol. The number of nitro groups is 1. The van der Waals surface area contributed by atoms with Crippen molar-refractivity contribution in [3.8, 4) is 5.75 Å². The molecule has 0 spiro atoms. The van der Waals surface area contributed by atoms with Gasteiger partial charge in [-0.15, -0.1) is 11.3 Å². The van der Waals surface area contributed by atoms with E-state index in [1.54, 1.807) is 5.38 Å². The van der Waals surface area contributed by atoms with Gasteiger partial charge >= 0.3 is 5.97 Å². The Bertz CT molecular complexity index is 1100. The lowest BCUT2D eigenvalue weighted by molar-refractivity contribution is -0.384. The van der Waals surface area contributed by atoms with Crippen LogP contribution in [0.5, 0.6) is 5.75 Å². The minimum absolute atomic E-state index is 0.0503. The Kier molecular flexibility index (Phi) is 6.94. The second-order valence-electron chi connectivity index (χ2n) is 5.81. The fourth-order valence-corrected chi connectivity index (χ4v) is 4.18. The molecule has 0 atom stereocenters. The molecule has 1 aromatic carbocycles. The van der Waals surface area contributed by atoms with Crippen molar-refractivity contribution in [2.75, 3.05) is 18.5 Å². The molecule has 0 unspecified atom stereocenters. The highest BCUT2D eigenvalue weighted by Gasteiger charge is 2.33. The van der Waals surface area contributed by atoms with Gasteiger partial charge in [-0.1, -0.05) is 24.0 Å². The molecule has 2 amide bonds. The lowest BCUT2D eigenvalue weighted by atomic mass is 10.1. The lowest BCUT2D eigenvalue weighted by Crippen LogP contribution is -2.33. The molecule has 1 aliphatic rings. The number of nitrogens with zero attached hydrogens (tertiary/aromatic N) is 3. The van der Waals surface area contributed by atoms with Crippen molar-refractivity contribution in [2.24, 2.45) is 0 Å². The lowest BCUT2D eigenvalue weighted by Gasteiger charge is -2.11. The topological polar surface area (TPSA) is 152 Å². The molecule has 2 heterocycles. The van der Waals surface area contributed by atoms with Crippen molar-refractivity contribution in [2.45, 2.75) is 0 Å². The van der Waals surface area contributed by atoms with Gasteiger partial charge in [-0.05, 0) is 12.1 Å². The molecule has 31 heavy (non-hydrogen) atoms. The van der Waals surface area contributed by atoms with E-state index in [0.717, 1.165) is 16.7 Å². The van der Waals surface area contributed by atoms with Crippen LogP contribution < -0.4 is 10.1 Å². The molecule has 0 radical (unpaired) electrons. The molecular formula is C17H12N4O7S3. The third-order valence-corrected chi connectivity index (χ3v) is 5.76. The molecule has 1 fully saturated rings. The van der Waals surface area contributed by atoms with Crippen molar-refractivity contribution in [1.29, 1.82) is 0 Å². The number of thiocarbonyl (C=S) groups is 1. The number of anilines is 1. The number of hydrogen-bond donors (Lipinski definition) is 2. The summed E-state index contributed by atoms with van der Waals surface area (Å²) in [5, 5.41) is 24.7. The van der Waals surface area contributed by atoms with Gasteiger partial charge in [-0.3, -0.25) is 34.7 Å². The van der Waals surface area contributed by atoms with E-state index >= 15 is 0 Å². The molecule has 0 bridgehead atoms. The maximum atomic E-state index is 12.5. The van der Waals surface area contributed by atoms with Gasteiger partial charge in [0.25, 0.3) is 17.5 Å². The normalized spacial score (nSPS) is 14.7. The number of benzene rings is 1. The summed E-state index contributed by atoms with van der Waals surface area (Å²) >= 11 is 7.12. The zero-order valence-corrected chi connectivity index (χ0v) is 17.8. The summed E-state index contributed by atoms with van der Waals surface area (Å²) in [4.78, 5) is 50.9. The van der Waals surface area contributed by atoms with Crippen molar-refractivity contribution in [3.63, 3.8) is 0 Å². The fourth-order valence-electron chi connectivity index (χ4n) is 2.39. The standard InChI is InChI=1S/C17H12N4O7S3/c22-13(19-16-18-3-4-30-16)8-28-11-2-1-10(21(26)27)5-9(11)6-12-15(25)20(7-14(23)24)17(29)31-12/h1-6H,7-8H2,(H,23,24)(H,18,19,22)/b12-6-. The Hall–Kier alpha value is -3.36. The number of amides is 2. The van der Waals surface area contributed by atoms with Gasteiger partial charge in [0, 0.05) is 29.3 Å². The van der Waals surface area contributed by atoms with E-state index < -0.39 is 35.9 Å². The molecule has 11 nitrogen and oxygen atoms in total. The Morgan fingerprint density at radius 2 is 2.19 bits per heavy atom. The van der Waals surface area contributed by atoms with Crippen molar-refractivity contribution < 1.29 is 29.2 Å². The van der Waals surface area contributed by atoms with Crippen LogP contribution in [0.4, 0.5) is 10.8 Å². The van der Waals surface area contributed by atoms with Crippen LogP contribution in [0.1, 0.15) is 5.56 Å². The number of carbonyl (C=O) groups is 3. The number of carbonyl (C=O) groups excluding carboxylic acids is 2. The molecule has 1 aromatic heterocycles. The average molecular weight is 481 g/mol. The quantitative estimate of drug-likeness (QED) is 0.249. The number of aliphatic carboxylic acids is 1. The Labute approximate surface area is 187 Å². The van der Waals surface area contributed by atoms with Crippen molar-refractivity contribution in [3.05, 3.63) is 50.4 Å². The highest BCUT2D eigenvalue weighted by molar-refractivity contribution is 8.26. The smallest absolute Gasteiger partial charge is 0.323 e. The van der Waals surface area contributed by atoms with Gasteiger partial charge in [-0.2, -0.15) is 0 Å². The number of nitrogens with one attached hydrogen (secondary N) is 1. The monoisotopic (exact) mass is 480 g/mol. The number of aromatic nitrogens is 1. The number of rotatable bonds is 8. The minimum atomic E-state index is -1.23. The maximum Gasteiger partial charge on any atom is 0.323 e. The van der Waals surface area contributed by atoms with E-state index in [0.29, 0.717) is 5.13 Å². The van der Waals surface area contributed by atoms with E-state index in [2.05, 4.69) is 10.3 Å². The summed E-state index contributed by atoms with van der Waals surface area (Å²) < 4.78 is 5.53. The van der Waals surface area contributed by atoms with E-state index in [4.69, 9.17) is 22.1 Å². The highest BCUT2D eigenvalue weighted by atomic mass is 32.2. The number of carboxylic acid groups (broad SMARTS) is 1. The number of ether oxygens (including phenoxy) is 1. The van der Waals surface area contributed by atoms with Gasteiger partial charge in [0.2, 0.25) is 0 Å². The summed E-state index contributed by atoms with van der Waals surface area (Å²) in [6.07, 6.45) is 2.83. The van der Waals surface area contributed by atoms with Crippen LogP contribution in [0.3, 0.4) is 0 Å². The number of thioether (sulfide) groups is 1. The van der Waals surface area contributed by atoms with Crippen LogP contribution >= 0.6 is 35.3 Å². The van der Waals surface area contributed by atoms with Gasteiger partial charge in [0.15, 0.2) is 11.7 Å². The Morgan fingerprint density at radius 3 is 2.84 bits per heavy atom. The summed E-state index contributed by atoms with van der Waals surface area (Å²) in [5.74, 6) is -2.25. The van der Waals surface area contributed by atoms with Crippen molar-refractivity contribution in [1.82, 2.24) is 9.88 Å². The van der Waals surface area contributed by atoms with Crippen LogP contribution in [0.15, 0.2) is 34.7 Å². The first kappa shape index (κ1) is 22.3. The largest absolute Gasteiger partial charge is 0.483 e. The first-order valence-corrected chi connectivity index (χ1v) is 10.4. The predicted octanol–water partition coefficient (Wildman–Crippen LogP) is 2.35. The summed E-state index contributed by atoms with van der Waals surface area (Å²) in [7, 11) is 0. The molecule has 1 aliphatic heterocycles. The van der Waals surface area contributed by atoms with E-state index in [-0.39, 0.29) is 26.2 Å². The first-order chi connectivity index (χ1) is 14.7. The fraction of sp³-hybridized carbons (Fsp3) is 0.118. The molecule has 0 saturated carbocycles. The first-order valence-electron chi connectivity index (χ1n) is 8.32. The van der Waals surface area contributed by atoms with E-state index in [9.17, 15) is 24.5 Å². The van der Waals surface area contributed by atoms with Crippen LogP contribution in [-0.2, 0) is 14.4 Å². The second kappa shape index (κ2) is 9.63. The van der Waals surface area contributed by atoms with Crippen LogP contribution in [0.2, 0.25) is 0 Å². The number of nitro benzene ring substituents is 1. The highest BCUT2D eigenvalue weighted by Crippen LogP contribution is 2.35. The maximum absolute atomic E-state index is 12.5. The van der Waals surface area contributed by atoms with Gasteiger partial charge < -0.3 is 9.84 Å². The molecule has 0 aliphatic carbocycles. The average Bonchev–Trinajstić information content (AvgIpc) is 3.30. The van der Waals surface area contributed by atoms with E-state index in [1.165, 1.54) is 41.8 Å². The van der Waals surface area contributed by atoms with E-state index in [1.807, 2.05) is 0 Å². The Balaban J connectivity index is 1.83. The third-order valence-electron chi connectivity index (χ3n) is 3.70. The Morgan fingerprint density at radius 1 is 1.42 bits per heavy atom. The van der Waals surface area contributed by atoms with Crippen LogP contribution in [-0.4, -0.2) is 55.2 Å². The number of carboxylic acids is 1. The molecule has 3 rings (SSSR count). The number of non-ortho nitro benzene ring substituents is 1. The van der Waals surface area contributed by atoms with Crippen molar-refractivity contribution >= 4 is 74.3 Å². The minimum Gasteiger partial charge on any atom is -0.483 e. The van der Waals surface area contributed by atoms with Gasteiger partial charge in [0.05, 0.1) is 9.83 Å². The molecule has 1 saturated heterocycles. The van der Waals surface area contributed by atoms with Crippen LogP contribution in [0.25, 0.3) is 6.08 Å². The SMILES string of the molecule is O=C(O)CN1C(=O)/C(=C/c2cc([N+](=O)[O-])ccc2OCC(=O)Nc2nccs2)SC1=S. The molecule has 14 heteroatoms. The molecule has 2 N–H and O–H groups in total. The van der Waals surface area contributed by atoms with Crippen LogP contribution in [0, 0.1) is 10.1 Å². The van der Waals surface area contributed by atoms with Gasteiger partial charge in [0.1, 0.15) is 16.6 Å².